The van der Waals surface area contributed by atoms with Gasteiger partial charge in [0, 0.05) is 17.5 Å². The Bertz CT molecular complexity index is 1450. The number of carbonyl (C=O) groups is 2. The number of amides is 2. The van der Waals surface area contributed by atoms with Crippen LogP contribution in [0.3, 0.4) is 0 Å². The molecule has 0 radical (unpaired) electrons. The van der Waals surface area contributed by atoms with Gasteiger partial charge >= 0.3 is 0 Å². The maximum absolute atomic E-state index is 13.1. The standard InChI is InChI=1S/C27H24N2O4S/c1-16-10-11-21-19(14-16)20(30)15-22(33-21)25(31)29-27-24(18-8-5-9-23(18)34-27)26(32)28-13-12-17-6-3-2-4-7-17/h2-4,6-7,10-11,14-15H,5,8-9,12-13H2,1H3,(H,28,32)(H,29,31). The summed E-state index contributed by atoms with van der Waals surface area (Å²) in [7, 11) is 0. The van der Waals surface area contributed by atoms with Gasteiger partial charge in [-0.05, 0) is 55.9 Å². The largest absolute Gasteiger partial charge is 0.451 e. The molecule has 0 aliphatic heterocycles. The van der Waals surface area contributed by atoms with E-state index in [-0.39, 0.29) is 17.1 Å². The lowest BCUT2D eigenvalue weighted by Crippen LogP contribution is -2.27. The zero-order valence-electron chi connectivity index (χ0n) is 18.8. The summed E-state index contributed by atoms with van der Waals surface area (Å²) in [5.41, 5.74) is 3.70. The van der Waals surface area contributed by atoms with Crippen LogP contribution in [-0.2, 0) is 19.3 Å². The van der Waals surface area contributed by atoms with Crippen LogP contribution in [0.5, 0.6) is 0 Å². The van der Waals surface area contributed by atoms with E-state index in [0.717, 1.165) is 47.3 Å². The predicted octanol–water partition coefficient (Wildman–Crippen LogP) is 4.88. The Balaban J connectivity index is 1.37. The van der Waals surface area contributed by atoms with Crippen molar-refractivity contribution in [3.63, 3.8) is 0 Å². The van der Waals surface area contributed by atoms with E-state index in [9.17, 15) is 14.4 Å². The van der Waals surface area contributed by atoms with Crippen LogP contribution in [0.2, 0.25) is 0 Å². The first-order valence-corrected chi connectivity index (χ1v) is 12.1. The average molecular weight is 473 g/mol. The monoisotopic (exact) mass is 472 g/mol. The van der Waals surface area contributed by atoms with Crippen LogP contribution >= 0.6 is 11.3 Å². The zero-order chi connectivity index (χ0) is 23.7. The lowest BCUT2D eigenvalue weighted by molar-refractivity contribution is 0.0954. The number of hydrogen-bond donors (Lipinski definition) is 2. The van der Waals surface area contributed by atoms with Crippen molar-refractivity contribution in [3.05, 3.63) is 97.7 Å². The molecule has 4 aromatic rings. The minimum atomic E-state index is -0.544. The van der Waals surface area contributed by atoms with E-state index in [1.807, 2.05) is 43.3 Å². The van der Waals surface area contributed by atoms with Gasteiger partial charge in [0.1, 0.15) is 10.6 Å². The number of nitrogens with one attached hydrogen (secondary N) is 2. The normalized spacial score (nSPS) is 12.5. The van der Waals surface area contributed by atoms with Gasteiger partial charge < -0.3 is 15.1 Å². The molecule has 0 unspecified atom stereocenters. The van der Waals surface area contributed by atoms with Crippen molar-refractivity contribution in [2.45, 2.75) is 32.6 Å². The fourth-order valence-electron chi connectivity index (χ4n) is 4.33. The molecular formula is C27H24N2O4S. The van der Waals surface area contributed by atoms with E-state index in [1.54, 1.807) is 12.1 Å². The van der Waals surface area contributed by atoms with Crippen LogP contribution in [0, 0.1) is 6.92 Å². The summed E-state index contributed by atoms with van der Waals surface area (Å²) in [5.74, 6) is -0.816. The number of carbonyl (C=O) groups excluding carboxylic acids is 2. The lowest BCUT2D eigenvalue weighted by atomic mass is 10.1. The number of fused-ring (bicyclic) bond motifs is 2. The fourth-order valence-corrected chi connectivity index (χ4v) is 5.61. The van der Waals surface area contributed by atoms with Crippen molar-refractivity contribution >= 4 is 39.1 Å². The van der Waals surface area contributed by atoms with Crippen LogP contribution in [-0.4, -0.2) is 18.4 Å². The summed E-state index contributed by atoms with van der Waals surface area (Å²) in [6, 6.07) is 16.4. The molecule has 2 amide bonds. The molecular weight excluding hydrogens is 448 g/mol. The van der Waals surface area contributed by atoms with Gasteiger partial charge in [-0.25, -0.2) is 0 Å². The first-order chi connectivity index (χ1) is 16.5. The second-order valence-corrected chi connectivity index (χ2v) is 9.59. The minimum Gasteiger partial charge on any atom is -0.451 e. The Morgan fingerprint density at radius 1 is 1.03 bits per heavy atom. The molecule has 2 heterocycles. The second-order valence-electron chi connectivity index (χ2n) is 8.48. The van der Waals surface area contributed by atoms with Crippen LogP contribution in [0.1, 0.15) is 48.9 Å². The molecule has 0 spiro atoms. The summed E-state index contributed by atoms with van der Waals surface area (Å²) < 4.78 is 5.72. The van der Waals surface area contributed by atoms with E-state index < -0.39 is 5.91 Å². The molecule has 34 heavy (non-hydrogen) atoms. The molecule has 0 saturated heterocycles. The van der Waals surface area contributed by atoms with Crippen LogP contribution < -0.4 is 16.1 Å². The van der Waals surface area contributed by atoms with E-state index in [1.165, 1.54) is 17.4 Å². The summed E-state index contributed by atoms with van der Waals surface area (Å²) in [6.45, 7) is 2.39. The van der Waals surface area contributed by atoms with Crippen LogP contribution in [0.15, 0.2) is 63.8 Å². The highest BCUT2D eigenvalue weighted by Crippen LogP contribution is 2.39. The highest BCUT2D eigenvalue weighted by molar-refractivity contribution is 7.17. The summed E-state index contributed by atoms with van der Waals surface area (Å²) in [5, 5.41) is 6.77. The number of aryl methyl sites for hydroxylation is 2. The highest BCUT2D eigenvalue weighted by Gasteiger charge is 2.28. The molecule has 6 nitrogen and oxygen atoms in total. The fraction of sp³-hybridized carbons (Fsp3) is 0.222. The molecule has 0 bridgehead atoms. The quantitative estimate of drug-likeness (QED) is 0.419. The van der Waals surface area contributed by atoms with Crippen LogP contribution in [0.25, 0.3) is 11.0 Å². The minimum absolute atomic E-state index is 0.0784. The third-order valence-electron chi connectivity index (χ3n) is 6.02. The Kier molecular flexibility index (Phi) is 6.02. The topological polar surface area (TPSA) is 88.4 Å². The number of thiophene rings is 1. The number of rotatable bonds is 6. The Hall–Kier alpha value is -3.71. The predicted molar refractivity (Wildman–Crippen MR) is 134 cm³/mol. The van der Waals surface area contributed by atoms with Crippen molar-refractivity contribution in [1.29, 1.82) is 0 Å². The number of hydrogen-bond acceptors (Lipinski definition) is 5. The van der Waals surface area contributed by atoms with E-state index in [4.69, 9.17) is 4.42 Å². The molecule has 1 aliphatic carbocycles. The molecule has 7 heteroatoms. The van der Waals surface area contributed by atoms with Gasteiger partial charge in [-0.3, -0.25) is 14.4 Å². The molecule has 0 atom stereocenters. The molecule has 2 aromatic heterocycles. The van der Waals surface area contributed by atoms with Gasteiger partial charge in [0.25, 0.3) is 11.8 Å². The van der Waals surface area contributed by atoms with Gasteiger partial charge in [0.2, 0.25) is 0 Å². The van der Waals surface area contributed by atoms with Gasteiger partial charge in [-0.15, -0.1) is 11.3 Å². The SMILES string of the molecule is Cc1ccc2oc(C(=O)Nc3sc4c(c3C(=O)NCCc3ccccc3)CCC4)cc(=O)c2c1. The van der Waals surface area contributed by atoms with Gasteiger partial charge in [0.05, 0.1) is 10.9 Å². The third-order valence-corrected chi connectivity index (χ3v) is 7.23. The van der Waals surface area contributed by atoms with Crippen molar-refractivity contribution in [2.75, 3.05) is 11.9 Å². The van der Waals surface area contributed by atoms with Crippen molar-refractivity contribution < 1.29 is 14.0 Å². The molecule has 5 rings (SSSR count). The number of anilines is 1. The van der Waals surface area contributed by atoms with E-state index in [2.05, 4.69) is 10.6 Å². The van der Waals surface area contributed by atoms with Gasteiger partial charge in [0.15, 0.2) is 11.2 Å². The molecule has 0 fully saturated rings. The first-order valence-electron chi connectivity index (χ1n) is 11.3. The maximum Gasteiger partial charge on any atom is 0.292 e. The lowest BCUT2D eigenvalue weighted by Gasteiger charge is -2.10. The summed E-state index contributed by atoms with van der Waals surface area (Å²) in [6.07, 6.45) is 3.43. The Morgan fingerprint density at radius 2 is 1.85 bits per heavy atom. The maximum atomic E-state index is 13.1. The van der Waals surface area contributed by atoms with Crippen molar-refractivity contribution in [2.24, 2.45) is 0 Å². The average Bonchev–Trinajstić information content (AvgIpc) is 3.41. The van der Waals surface area contributed by atoms with E-state index >= 15 is 0 Å². The van der Waals surface area contributed by atoms with Gasteiger partial charge in [-0.2, -0.15) is 0 Å². The Morgan fingerprint density at radius 3 is 2.68 bits per heavy atom. The second kappa shape index (κ2) is 9.27. The molecule has 2 aromatic carbocycles. The summed E-state index contributed by atoms with van der Waals surface area (Å²) in [4.78, 5) is 39.8. The molecule has 2 N–H and O–H groups in total. The van der Waals surface area contributed by atoms with E-state index in [0.29, 0.717) is 28.1 Å². The van der Waals surface area contributed by atoms with Gasteiger partial charge in [-0.1, -0.05) is 42.0 Å². The van der Waals surface area contributed by atoms with Crippen LogP contribution in [0.4, 0.5) is 5.00 Å². The van der Waals surface area contributed by atoms with Crippen molar-refractivity contribution in [1.82, 2.24) is 5.32 Å². The first kappa shape index (κ1) is 22.1. The summed E-state index contributed by atoms with van der Waals surface area (Å²) >= 11 is 1.43. The zero-order valence-corrected chi connectivity index (χ0v) is 19.6. The molecule has 1 aliphatic rings. The molecule has 172 valence electrons. The smallest absolute Gasteiger partial charge is 0.292 e. The van der Waals surface area contributed by atoms with Crippen molar-refractivity contribution in [3.8, 4) is 0 Å². The highest BCUT2D eigenvalue weighted by atomic mass is 32.1. The Labute approximate surface area is 200 Å². The third kappa shape index (κ3) is 4.39. The number of benzene rings is 2. The molecule has 0 saturated carbocycles.